The minimum Gasteiger partial charge on any atom is -0.398 e. The molecule has 0 fully saturated rings. The first-order valence-corrected chi connectivity index (χ1v) is 18.2. The molecule has 4 atom stereocenters. The largest absolute Gasteiger partial charge is 0.398 e. The smallest absolute Gasteiger partial charge is 0.251 e. The zero-order chi connectivity index (χ0) is 36.3. The highest BCUT2D eigenvalue weighted by molar-refractivity contribution is 7.92. The van der Waals surface area contributed by atoms with E-state index < -0.39 is 40.0 Å². The number of anilines is 2. The summed E-state index contributed by atoms with van der Waals surface area (Å²) in [5, 5.41) is 19.9. The van der Waals surface area contributed by atoms with E-state index in [4.69, 9.17) is 5.73 Å². The lowest BCUT2D eigenvalue weighted by atomic mass is 9.91. The van der Waals surface area contributed by atoms with E-state index in [9.17, 15) is 27.9 Å². The molecule has 6 N–H and O–H groups in total. The number of para-hydroxylation sites is 1. The number of nitrogens with zero attached hydrogens (tertiary/aromatic N) is 1. The SMILES string of the molecule is CC(C)CC(NC(=O)c1cccc(N(C)S(=O)(=O)Cc2ccccc2N)c1)C(O)CC(C)C(=O)N[C@H](C(=O)NCc1ccccc1)C(C)C. The summed E-state index contributed by atoms with van der Waals surface area (Å²) in [6.45, 7) is 9.63. The average Bonchev–Trinajstić information content (AvgIpc) is 3.06. The zero-order valence-electron chi connectivity index (χ0n) is 29.2. The summed E-state index contributed by atoms with van der Waals surface area (Å²) in [5.41, 5.74) is 8.26. The number of hydrogen-bond donors (Lipinski definition) is 5. The van der Waals surface area contributed by atoms with Crippen LogP contribution >= 0.6 is 0 Å². The number of benzene rings is 3. The third kappa shape index (κ3) is 11.6. The van der Waals surface area contributed by atoms with Crippen LogP contribution in [0.3, 0.4) is 0 Å². The second kappa shape index (κ2) is 17.8. The van der Waals surface area contributed by atoms with Crippen molar-refractivity contribution in [1.29, 1.82) is 0 Å². The van der Waals surface area contributed by atoms with Gasteiger partial charge in [-0.05, 0) is 60.1 Å². The number of amides is 3. The first-order valence-electron chi connectivity index (χ1n) is 16.6. The van der Waals surface area contributed by atoms with Crippen molar-refractivity contribution in [3.8, 4) is 0 Å². The summed E-state index contributed by atoms with van der Waals surface area (Å²) in [7, 11) is -2.41. The molecule has 3 unspecified atom stereocenters. The monoisotopic (exact) mass is 693 g/mol. The van der Waals surface area contributed by atoms with E-state index in [1.165, 1.54) is 13.1 Å². The molecule has 12 heteroatoms. The van der Waals surface area contributed by atoms with Crippen LogP contribution in [0.2, 0.25) is 0 Å². The third-order valence-corrected chi connectivity index (χ3v) is 10.1. The summed E-state index contributed by atoms with van der Waals surface area (Å²) in [5.74, 6) is -2.20. The molecule has 0 aliphatic carbocycles. The Labute approximate surface area is 290 Å². The Hall–Kier alpha value is -4.42. The molecule has 0 saturated carbocycles. The first kappa shape index (κ1) is 39.0. The Morgan fingerprint density at radius 2 is 1.49 bits per heavy atom. The van der Waals surface area contributed by atoms with Crippen LogP contribution in [0.4, 0.5) is 11.4 Å². The van der Waals surface area contributed by atoms with Gasteiger partial charge in [0.05, 0.1) is 23.6 Å². The maximum atomic E-state index is 13.4. The van der Waals surface area contributed by atoms with Gasteiger partial charge >= 0.3 is 0 Å². The Morgan fingerprint density at radius 1 is 0.837 bits per heavy atom. The molecule has 3 aromatic carbocycles. The fourth-order valence-corrected chi connectivity index (χ4v) is 6.68. The van der Waals surface area contributed by atoms with Gasteiger partial charge < -0.3 is 26.8 Å². The van der Waals surface area contributed by atoms with Crippen molar-refractivity contribution >= 4 is 39.1 Å². The molecular formula is C37H51N5O6S. The standard InChI is InChI=1S/C37H51N5O6S/c1-24(2)19-32(33(43)20-26(5)35(44)41-34(25(3)4)37(46)39-22-27-13-8-7-9-14-27)40-36(45)28-16-12-17-30(21-28)42(6)49(47,48)23-29-15-10-11-18-31(29)38/h7-18,21,24-26,32-34,43H,19-20,22-23,38H2,1-6H3,(H,39,46)(H,40,45)(H,41,44)/t26?,32?,33?,34-/m0/s1. The zero-order valence-corrected chi connectivity index (χ0v) is 30.0. The van der Waals surface area contributed by atoms with Crippen LogP contribution in [0.15, 0.2) is 78.9 Å². The lowest BCUT2D eigenvalue weighted by molar-refractivity contribution is -0.132. The number of aliphatic hydroxyl groups excluding tert-OH is 1. The molecule has 49 heavy (non-hydrogen) atoms. The summed E-state index contributed by atoms with van der Waals surface area (Å²) in [6, 6.07) is 21.0. The Morgan fingerprint density at radius 3 is 2.12 bits per heavy atom. The highest BCUT2D eigenvalue weighted by atomic mass is 32.2. The van der Waals surface area contributed by atoms with E-state index >= 15 is 0 Å². The molecular weight excluding hydrogens is 643 g/mol. The predicted molar refractivity (Wildman–Crippen MR) is 194 cm³/mol. The lowest BCUT2D eigenvalue weighted by Crippen LogP contribution is -2.51. The average molecular weight is 694 g/mol. The van der Waals surface area contributed by atoms with Crippen molar-refractivity contribution in [3.05, 3.63) is 95.6 Å². The lowest BCUT2D eigenvalue weighted by Gasteiger charge is -2.29. The van der Waals surface area contributed by atoms with Crippen LogP contribution in [0, 0.1) is 17.8 Å². The van der Waals surface area contributed by atoms with Crippen LogP contribution < -0.4 is 26.0 Å². The van der Waals surface area contributed by atoms with Gasteiger partial charge in [0.25, 0.3) is 5.91 Å². The van der Waals surface area contributed by atoms with Crippen molar-refractivity contribution in [2.75, 3.05) is 17.1 Å². The number of nitrogens with one attached hydrogen (secondary N) is 3. The highest BCUT2D eigenvalue weighted by Gasteiger charge is 2.30. The number of nitrogen functional groups attached to an aromatic ring is 1. The molecule has 11 nitrogen and oxygen atoms in total. The van der Waals surface area contributed by atoms with E-state index in [1.54, 1.807) is 49.4 Å². The Bertz CT molecular complexity index is 1660. The third-order valence-electron chi connectivity index (χ3n) is 8.39. The van der Waals surface area contributed by atoms with Crippen LogP contribution in [-0.4, -0.2) is 56.5 Å². The number of carbonyl (C=O) groups is 3. The van der Waals surface area contributed by atoms with Crippen LogP contribution in [0.25, 0.3) is 0 Å². The van der Waals surface area contributed by atoms with Gasteiger partial charge in [0.1, 0.15) is 6.04 Å². The minimum atomic E-state index is -3.82. The maximum Gasteiger partial charge on any atom is 0.251 e. The van der Waals surface area contributed by atoms with Crippen molar-refractivity contribution in [2.45, 2.75) is 77.9 Å². The van der Waals surface area contributed by atoms with Gasteiger partial charge in [0, 0.05) is 30.8 Å². The number of hydrogen-bond acceptors (Lipinski definition) is 7. The van der Waals surface area contributed by atoms with Gasteiger partial charge in [-0.15, -0.1) is 0 Å². The molecule has 0 spiro atoms. The number of nitrogens with two attached hydrogens (primary N) is 1. The van der Waals surface area contributed by atoms with E-state index in [0.717, 1.165) is 9.87 Å². The van der Waals surface area contributed by atoms with E-state index in [1.807, 2.05) is 58.0 Å². The molecule has 0 bridgehead atoms. The van der Waals surface area contributed by atoms with Gasteiger partial charge in [-0.3, -0.25) is 18.7 Å². The fraction of sp³-hybridized carbons (Fsp3) is 0.432. The number of rotatable bonds is 17. The molecule has 266 valence electrons. The summed E-state index contributed by atoms with van der Waals surface area (Å²) in [4.78, 5) is 39.7. The predicted octanol–water partition coefficient (Wildman–Crippen LogP) is 4.22. The second-order valence-electron chi connectivity index (χ2n) is 13.3. The van der Waals surface area contributed by atoms with Gasteiger partial charge in [-0.2, -0.15) is 0 Å². The molecule has 0 aliphatic heterocycles. The van der Waals surface area contributed by atoms with Gasteiger partial charge in [0.2, 0.25) is 21.8 Å². The van der Waals surface area contributed by atoms with Crippen molar-refractivity contribution in [3.63, 3.8) is 0 Å². The van der Waals surface area contributed by atoms with E-state index in [0.29, 0.717) is 29.9 Å². The topological polar surface area (TPSA) is 171 Å². The maximum absolute atomic E-state index is 13.4. The quantitative estimate of drug-likeness (QED) is 0.132. The fourth-order valence-electron chi connectivity index (χ4n) is 5.39. The molecule has 0 radical (unpaired) electrons. The van der Waals surface area contributed by atoms with Gasteiger partial charge in [-0.25, -0.2) is 8.42 Å². The first-order chi connectivity index (χ1) is 23.1. The highest BCUT2D eigenvalue weighted by Crippen LogP contribution is 2.23. The summed E-state index contributed by atoms with van der Waals surface area (Å²) < 4.78 is 27.5. The Kier molecular flexibility index (Phi) is 14.2. The summed E-state index contributed by atoms with van der Waals surface area (Å²) in [6.07, 6.45) is -0.590. The molecule has 3 aromatic rings. The van der Waals surface area contributed by atoms with Gasteiger partial charge in [0.15, 0.2) is 0 Å². The van der Waals surface area contributed by atoms with Crippen LogP contribution in [0.1, 0.15) is 68.9 Å². The molecule has 0 aromatic heterocycles. The van der Waals surface area contributed by atoms with E-state index in [2.05, 4.69) is 16.0 Å². The van der Waals surface area contributed by atoms with E-state index in [-0.39, 0.29) is 41.4 Å². The molecule has 0 saturated heterocycles. The van der Waals surface area contributed by atoms with Crippen molar-refractivity contribution in [2.24, 2.45) is 17.8 Å². The minimum absolute atomic E-state index is 0.0452. The normalized spacial score (nSPS) is 14.1. The van der Waals surface area contributed by atoms with Gasteiger partial charge in [-0.1, -0.05) is 89.2 Å². The molecule has 3 amide bonds. The van der Waals surface area contributed by atoms with Crippen LogP contribution in [0.5, 0.6) is 0 Å². The van der Waals surface area contributed by atoms with Crippen molar-refractivity contribution < 1.29 is 27.9 Å². The number of carbonyl (C=O) groups excluding carboxylic acids is 3. The van der Waals surface area contributed by atoms with Crippen LogP contribution in [-0.2, 0) is 31.9 Å². The Balaban J connectivity index is 1.66. The molecule has 0 aliphatic rings. The summed E-state index contributed by atoms with van der Waals surface area (Å²) >= 11 is 0. The van der Waals surface area contributed by atoms with Crippen molar-refractivity contribution in [1.82, 2.24) is 16.0 Å². The number of sulfonamides is 1. The number of aliphatic hydroxyl groups is 1. The second-order valence-corrected chi connectivity index (χ2v) is 15.3. The molecule has 3 rings (SSSR count). The molecule has 0 heterocycles.